The van der Waals surface area contributed by atoms with Gasteiger partial charge in [0.2, 0.25) is 0 Å². The molecule has 0 amide bonds. The van der Waals surface area contributed by atoms with E-state index in [0.717, 1.165) is 29.3 Å². The maximum Gasteiger partial charge on any atom is 0.161 e. The Morgan fingerprint density at radius 2 is 1.38 bits per heavy atom. The van der Waals surface area contributed by atoms with Crippen LogP contribution in [-0.4, -0.2) is 14.2 Å². The second kappa shape index (κ2) is 7.55. The molecule has 24 heavy (non-hydrogen) atoms. The summed E-state index contributed by atoms with van der Waals surface area (Å²) in [4.78, 5) is 0. The molecule has 0 saturated heterocycles. The van der Waals surface area contributed by atoms with E-state index in [1.54, 1.807) is 14.2 Å². The first-order valence-electron chi connectivity index (χ1n) is 7.90. The molecule has 0 bridgehead atoms. The Bertz CT molecular complexity index is 783. The van der Waals surface area contributed by atoms with Crippen LogP contribution in [0.25, 0.3) is 11.1 Å². The molecule has 3 rings (SSSR count). The van der Waals surface area contributed by atoms with Gasteiger partial charge in [-0.2, -0.15) is 0 Å². The summed E-state index contributed by atoms with van der Waals surface area (Å²) >= 11 is 0. The summed E-state index contributed by atoms with van der Waals surface area (Å²) in [5.74, 6) is 1.49. The van der Waals surface area contributed by atoms with Crippen molar-refractivity contribution in [1.82, 2.24) is 0 Å². The molecule has 0 heterocycles. The van der Waals surface area contributed by atoms with Gasteiger partial charge in [0.05, 0.1) is 14.2 Å². The van der Waals surface area contributed by atoms with E-state index in [2.05, 4.69) is 53.8 Å². The highest BCUT2D eigenvalue weighted by atomic mass is 16.5. The van der Waals surface area contributed by atoms with Gasteiger partial charge in [-0.05, 0) is 41.0 Å². The molecule has 1 N–H and O–H groups in total. The molecular formula is C21H21NO2. The Labute approximate surface area is 142 Å². The third-order valence-corrected chi connectivity index (χ3v) is 3.94. The van der Waals surface area contributed by atoms with Crippen molar-refractivity contribution in [3.63, 3.8) is 0 Å². The second-order valence-corrected chi connectivity index (χ2v) is 5.49. The van der Waals surface area contributed by atoms with Gasteiger partial charge in [-0.15, -0.1) is 0 Å². The topological polar surface area (TPSA) is 30.5 Å². The van der Waals surface area contributed by atoms with E-state index in [9.17, 15) is 0 Å². The minimum absolute atomic E-state index is 0.727. The van der Waals surface area contributed by atoms with E-state index >= 15 is 0 Å². The van der Waals surface area contributed by atoms with Gasteiger partial charge >= 0.3 is 0 Å². The Morgan fingerprint density at radius 3 is 2.04 bits per heavy atom. The fourth-order valence-corrected chi connectivity index (χ4v) is 2.61. The third kappa shape index (κ3) is 3.69. The van der Waals surface area contributed by atoms with Gasteiger partial charge < -0.3 is 14.8 Å². The maximum atomic E-state index is 5.34. The van der Waals surface area contributed by atoms with Crippen LogP contribution in [-0.2, 0) is 6.54 Å². The summed E-state index contributed by atoms with van der Waals surface area (Å²) in [6, 6.07) is 24.8. The zero-order valence-electron chi connectivity index (χ0n) is 14.0. The largest absolute Gasteiger partial charge is 0.493 e. The molecule has 0 aliphatic rings. The van der Waals surface area contributed by atoms with Crippen LogP contribution in [0.5, 0.6) is 11.5 Å². The summed E-state index contributed by atoms with van der Waals surface area (Å²) < 4.78 is 10.6. The SMILES string of the molecule is COc1ccc(CNc2ccc(-c3ccccc3)cc2)cc1OC. The van der Waals surface area contributed by atoms with Crippen molar-refractivity contribution in [2.24, 2.45) is 0 Å². The van der Waals surface area contributed by atoms with E-state index in [-0.39, 0.29) is 0 Å². The molecule has 122 valence electrons. The van der Waals surface area contributed by atoms with Crippen molar-refractivity contribution in [1.29, 1.82) is 0 Å². The predicted octanol–water partition coefficient (Wildman–Crippen LogP) is 4.98. The summed E-state index contributed by atoms with van der Waals surface area (Å²) in [6.07, 6.45) is 0. The number of anilines is 1. The van der Waals surface area contributed by atoms with Crippen LogP contribution in [0.1, 0.15) is 5.56 Å². The monoisotopic (exact) mass is 319 g/mol. The Morgan fingerprint density at radius 1 is 0.708 bits per heavy atom. The molecule has 0 aliphatic heterocycles. The van der Waals surface area contributed by atoms with Crippen LogP contribution < -0.4 is 14.8 Å². The van der Waals surface area contributed by atoms with Gasteiger partial charge in [0.1, 0.15) is 0 Å². The smallest absolute Gasteiger partial charge is 0.161 e. The van der Waals surface area contributed by atoms with Crippen LogP contribution in [0.3, 0.4) is 0 Å². The standard InChI is InChI=1S/C21H21NO2/c1-23-20-13-8-16(14-21(20)24-2)15-22-19-11-9-18(10-12-19)17-6-4-3-5-7-17/h3-14,22H,15H2,1-2H3. The lowest BCUT2D eigenvalue weighted by Crippen LogP contribution is -2.00. The number of rotatable bonds is 6. The van der Waals surface area contributed by atoms with E-state index in [1.165, 1.54) is 11.1 Å². The average molecular weight is 319 g/mol. The van der Waals surface area contributed by atoms with Gasteiger partial charge in [-0.1, -0.05) is 48.5 Å². The van der Waals surface area contributed by atoms with Gasteiger partial charge in [0.25, 0.3) is 0 Å². The van der Waals surface area contributed by atoms with Crippen molar-refractivity contribution in [3.8, 4) is 22.6 Å². The normalized spacial score (nSPS) is 10.2. The molecule has 0 spiro atoms. The maximum absolute atomic E-state index is 5.34. The van der Waals surface area contributed by atoms with Crippen molar-refractivity contribution in [2.75, 3.05) is 19.5 Å². The number of hydrogen-bond donors (Lipinski definition) is 1. The average Bonchev–Trinajstić information content (AvgIpc) is 2.67. The molecule has 3 heteroatoms. The number of methoxy groups -OCH3 is 2. The van der Waals surface area contributed by atoms with E-state index < -0.39 is 0 Å². The number of benzene rings is 3. The molecule has 3 aromatic rings. The first-order chi connectivity index (χ1) is 11.8. The molecule has 3 aromatic carbocycles. The molecule has 0 unspecified atom stereocenters. The molecule has 0 saturated carbocycles. The molecule has 3 nitrogen and oxygen atoms in total. The summed E-state index contributed by atoms with van der Waals surface area (Å²) in [5, 5.41) is 3.43. The van der Waals surface area contributed by atoms with Gasteiger partial charge in [-0.3, -0.25) is 0 Å². The van der Waals surface area contributed by atoms with E-state index in [0.29, 0.717) is 0 Å². The van der Waals surface area contributed by atoms with Crippen LogP contribution in [0.2, 0.25) is 0 Å². The minimum atomic E-state index is 0.727. The predicted molar refractivity (Wildman–Crippen MR) is 98.8 cm³/mol. The van der Waals surface area contributed by atoms with Crippen LogP contribution in [0, 0.1) is 0 Å². The van der Waals surface area contributed by atoms with Crippen LogP contribution in [0.15, 0.2) is 72.8 Å². The molecule has 0 radical (unpaired) electrons. The quantitative estimate of drug-likeness (QED) is 0.695. The van der Waals surface area contributed by atoms with E-state index in [1.807, 2.05) is 24.3 Å². The summed E-state index contributed by atoms with van der Waals surface area (Å²) in [7, 11) is 3.29. The fourth-order valence-electron chi connectivity index (χ4n) is 2.61. The Balaban J connectivity index is 1.67. The highest BCUT2D eigenvalue weighted by Crippen LogP contribution is 2.28. The third-order valence-electron chi connectivity index (χ3n) is 3.94. The first-order valence-corrected chi connectivity index (χ1v) is 7.90. The number of ether oxygens (including phenoxy) is 2. The lowest BCUT2D eigenvalue weighted by atomic mass is 10.1. The fraction of sp³-hybridized carbons (Fsp3) is 0.143. The lowest BCUT2D eigenvalue weighted by Gasteiger charge is -2.11. The minimum Gasteiger partial charge on any atom is -0.493 e. The van der Waals surface area contributed by atoms with Crippen molar-refractivity contribution >= 4 is 5.69 Å². The lowest BCUT2D eigenvalue weighted by molar-refractivity contribution is 0.354. The van der Waals surface area contributed by atoms with Crippen molar-refractivity contribution in [2.45, 2.75) is 6.54 Å². The van der Waals surface area contributed by atoms with Gasteiger partial charge in [0, 0.05) is 12.2 Å². The number of nitrogens with one attached hydrogen (secondary N) is 1. The van der Waals surface area contributed by atoms with Crippen LogP contribution in [0.4, 0.5) is 5.69 Å². The van der Waals surface area contributed by atoms with Crippen molar-refractivity contribution in [3.05, 3.63) is 78.4 Å². The van der Waals surface area contributed by atoms with Crippen molar-refractivity contribution < 1.29 is 9.47 Å². The number of hydrogen-bond acceptors (Lipinski definition) is 3. The van der Waals surface area contributed by atoms with Gasteiger partial charge in [0.15, 0.2) is 11.5 Å². The zero-order chi connectivity index (χ0) is 16.8. The molecule has 0 aliphatic carbocycles. The van der Waals surface area contributed by atoms with Crippen LogP contribution >= 0.6 is 0 Å². The molecule has 0 atom stereocenters. The highest BCUT2D eigenvalue weighted by molar-refractivity contribution is 5.65. The second-order valence-electron chi connectivity index (χ2n) is 5.49. The first kappa shape index (κ1) is 15.9. The molecule has 0 aromatic heterocycles. The highest BCUT2D eigenvalue weighted by Gasteiger charge is 2.04. The zero-order valence-corrected chi connectivity index (χ0v) is 14.0. The summed E-state index contributed by atoms with van der Waals surface area (Å²) in [5.41, 5.74) is 4.67. The molecule has 0 fully saturated rings. The Kier molecular flexibility index (Phi) is 5.02. The summed E-state index contributed by atoms with van der Waals surface area (Å²) in [6.45, 7) is 0.727. The Hall–Kier alpha value is -2.94. The van der Waals surface area contributed by atoms with Gasteiger partial charge in [-0.25, -0.2) is 0 Å². The van der Waals surface area contributed by atoms with E-state index in [4.69, 9.17) is 9.47 Å². The molecular weight excluding hydrogens is 298 g/mol.